The van der Waals surface area contributed by atoms with Crippen molar-refractivity contribution < 1.29 is 33.9 Å². The van der Waals surface area contributed by atoms with Crippen LogP contribution in [0.15, 0.2) is 30.3 Å². The number of hydrogen-bond donors (Lipinski definition) is 6. The maximum Gasteiger partial charge on any atom is 0.326 e. The molecule has 41 heavy (non-hydrogen) atoms. The maximum atomic E-state index is 13.4. The number of carboxylic acid groups (broad SMARTS) is 1. The van der Waals surface area contributed by atoms with Crippen molar-refractivity contribution in [3.63, 3.8) is 0 Å². The molecule has 0 saturated carbocycles. The predicted octanol–water partition coefficient (Wildman–Crippen LogP) is -0.813. The van der Waals surface area contributed by atoms with Gasteiger partial charge in [-0.15, -0.1) is 0 Å². The second kappa shape index (κ2) is 15.1. The zero-order chi connectivity index (χ0) is 29.9. The van der Waals surface area contributed by atoms with Crippen LogP contribution in [-0.2, 0) is 35.2 Å². The molecule has 2 aliphatic heterocycles. The number of benzene rings is 1. The summed E-state index contributed by atoms with van der Waals surface area (Å²) in [4.78, 5) is 77.0. The molecule has 13 heteroatoms. The number of nitrogens with zero attached hydrogens (tertiary/aromatic N) is 1. The molecule has 0 aliphatic carbocycles. The third kappa shape index (κ3) is 9.00. The third-order valence-corrected chi connectivity index (χ3v) is 7.36. The van der Waals surface area contributed by atoms with Crippen LogP contribution < -0.4 is 27.0 Å². The van der Waals surface area contributed by atoms with Gasteiger partial charge in [0, 0.05) is 19.4 Å². The number of likely N-dealkylation sites (tertiary alicyclic amines) is 1. The first-order valence-corrected chi connectivity index (χ1v) is 14.1. The molecule has 0 aromatic heterocycles. The van der Waals surface area contributed by atoms with E-state index in [2.05, 4.69) is 21.3 Å². The molecule has 2 fully saturated rings. The van der Waals surface area contributed by atoms with E-state index in [1.165, 1.54) is 11.8 Å². The van der Waals surface area contributed by atoms with Crippen LogP contribution in [0.25, 0.3) is 0 Å². The van der Waals surface area contributed by atoms with E-state index in [9.17, 15) is 33.9 Å². The predicted molar refractivity (Wildman–Crippen MR) is 148 cm³/mol. The van der Waals surface area contributed by atoms with Crippen molar-refractivity contribution in [3.05, 3.63) is 35.9 Å². The Hall–Kier alpha value is -4.00. The van der Waals surface area contributed by atoms with Crippen molar-refractivity contribution in [2.75, 3.05) is 13.1 Å². The summed E-state index contributed by atoms with van der Waals surface area (Å²) in [5, 5.41) is 20.1. The van der Waals surface area contributed by atoms with Crippen molar-refractivity contribution in [2.45, 2.75) is 88.5 Å². The Balaban J connectivity index is 1.73. The molecule has 3 rings (SSSR count). The summed E-state index contributed by atoms with van der Waals surface area (Å²) >= 11 is 0. The lowest BCUT2D eigenvalue weighted by Crippen LogP contribution is -2.58. The van der Waals surface area contributed by atoms with E-state index in [0.717, 1.165) is 5.56 Å². The summed E-state index contributed by atoms with van der Waals surface area (Å²) in [5.74, 6) is -3.53. The molecule has 7 N–H and O–H groups in total. The van der Waals surface area contributed by atoms with Crippen LogP contribution in [0, 0.1) is 0 Å². The van der Waals surface area contributed by atoms with E-state index in [0.29, 0.717) is 38.6 Å². The molecular weight excluding hydrogens is 532 g/mol. The van der Waals surface area contributed by atoms with E-state index in [1.54, 1.807) is 24.3 Å². The maximum absolute atomic E-state index is 13.4. The largest absolute Gasteiger partial charge is 0.480 e. The van der Waals surface area contributed by atoms with E-state index in [4.69, 9.17) is 5.73 Å². The van der Waals surface area contributed by atoms with Gasteiger partial charge in [-0.25, -0.2) is 4.79 Å². The summed E-state index contributed by atoms with van der Waals surface area (Å²) in [6, 6.07) is 4.24. The van der Waals surface area contributed by atoms with Crippen molar-refractivity contribution in [3.8, 4) is 0 Å². The molecule has 5 amide bonds. The number of unbranched alkanes of at least 4 members (excludes halogenated alkanes) is 1. The number of nitrogens with one attached hydrogen (secondary N) is 4. The van der Waals surface area contributed by atoms with Gasteiger partial charge in [0.2, 0.25) is 29.5 Å². The number of carboxylic acids is 1. The number of carbonyl (C=O) groups excluding carboxylic acids is 5. The van der Waals surface area contributed by atoms with Gasteiger partial charge in [0.1, 0.15) is 30.2 Å². The molecule has 1 aromatic carbocycles. The summed E-state index contributed by atoms with van der Waals surface area (Å²) in [6.45, 7) is 2.17. The summed E-state index contributed by atoms with van der Waals surface area (Å²) in [6.07, 6.45) is 3.01. The lowest BCUT2D eigenvalue weighted by molar-refractivity contribution is -0.149. The van der Waals surface area contributed by atoms with Gasteiger partial charge in [-0.1, -0.05) is 30.3 Å². The van der Waals surface area contributed by atoms with E-state index >= 15 is 0 Å². The number of rotatable bonds is 14. The topological polar surface area (TPSA) is 200 Å². The summed E-state index contributed by atoms with van der Waals surface area (Å²) < 4.78 is 0. The first kappa shape index (κ1) is 31.5. The molecule has 0 radical (unpaired) electrons. The Bertz CT molecular complexity index is 1110. The molecule has 2 saturated heterocycles. The molecule has 5 atom stereocenters. The fourth-order valence-electron chi connectivity index (χ4n) is 5.09. The van der Waals surface area contributed by atoms with E-state index in [1.807, 2.05) is 6.07 Å². The molecular formula is C28H40N6O7. The minimum Gasteiger partial charge on any atom is -0.480 e. The fourth-order valence-corrected chi connectivity index (χ4v) is 5.09. The van der Waals surface area contributed by atoms with E-state index in [-0.39, 0.29) is 31.7 Å². The van der Waals surface area contributed by atoms with Crippen LogP contribution in [0.4, 0.5) is 0 Å². The van der Waals surface area contributed by atoms with Gasteiger partial charge >= 0.3 is 5.97 Å². The van der Waals surface area contributed by atoms with Gasteiger partial charge in [-0.3, -0.25) is 24.0 Å². The fraction of sp³-hybridized carbons (Fsp3) is 0.571. The Labute approximate surface area is 239 Å². The molecule has 0 unspecified atom stereocenters. The van der Waals surface area contributed by atoms with E-state index < -0.39 is 59.8 Å². The molecule has 2 aliphatic rings. The van der Waals surface area contributed by atoms with Crippen LogP contribution in [0.3, 0.4) is 0 Å². The van der Waals surface area contributed by atoms with Crippen molar-refractivity contribution in [2.24, 2.45) is 5.73 Å². The smallest absolute Gasteiger partial charge is 0.326 e. The van der Waals surface area contributed by atoms with Crippen molar-refractivity contribution in [1.82, 2.24) is 26.2 Å². The second-order valence-electron chi connectivity index (χ2n) is 10.5. The van der Waals surface area contributed by atoms with Gasteiger partial charge in [-0.05, 0) is 57.6 Å². The molecule has 224 valence electrons. The Morgan fingerprint density at radius 1 is 1.02 bits per heavy atom. The average Bonchev–Trinajstić information content (AvgIpc) is 3.62. The monoisotopic (exact) mass is 572 g/mol. The highest BCUT2D eigenvalue weighted by Gasteiger charge is 2.37. The number of aliphatic carboxylic acids is 1. The Morgan fingerprint density at radius 3 is 2.37 bits per heavy atom. The molecule has 0 bridgehead atoms. The normalized spacial score (nSPS) is 20.4. The Morgan fingerprint density at radius 2 is 1.73 bits per heavy atom. The quantitative estimate of drug-likeness (QED) is 0.155. The molecule has 1 aromatic rings. The van der Waals surface area contributed by atoms with Crippen LogP contribution in [-0.4, -0.2) is 88.8 Å². The standard InChI is InChI=1S/C28H40N6O7/c1-17(27(39)34-15-7-11-22(34)28(40)41)30-26(38)21(16-18-8-3-2-4-9-18)33-24(36)19(10-5-6-14-29)32-25(37)20-12-13-23(35)31-20/h2-4,8-9,17,19-22H,5-7,10-16,29H2,1H3,(H,30,38)(H,31,35)(H,32,37)(H,33,36)(H,40,41)/t17-,19-,20-,21-,22-/m0/s1. The number of nitrogens with two attached hydrogens (primary N) is 1. The second-order valence-corrected chi connectivity index (χ2v) is 10.5. The summed E-state index contributed by atoms with van der Waals surface area (Å²) in [7, 11) is 0. The van der Waals surface area contributed by atoms with Gasteiger partial charge in [0.25, 0.3) is 0 Å². The average molecular weight is 573 g/mol. The first-order valence-electron chi connectivity index (χ1n) is 14.1. The van der Waals surface area contributed by atoms with Crippen molar-refractivity contribution >= 4 is 35.5 Å². The Kier molecular flexibility index (Phi) is 11.6. The van der Waals surface area contributed by atoms with Gasteiger partial charge in [-0.2, -0.15) is 0 Å². The van der Waals surface area contributed by atoms with Gasteiger partial charge in [0.05, 0.1) is 0 Å². The van der Waals surface area contributed by atoms with Crippen LogP contribution in [0.2, 0.25) is 0 Å². The van der Waals surface area contributed by atoms with Crippen LogP contribution in [0.1, 0.15) is 57.4 Å². The zero-order valence-corrected chi connectivity index (χ0v) is 23.3. The zero-order valence-electron chi connectivity index (χ0n) is 23.3. The summed E-state index contributed by atoms with van der Waals surface area (Å²) in [5.41, 5.74) is 6.36. The van der Waals surface area contributed by atoms with Gasteiger partial charge < -0.3 is 37.0 Å². The minimum absolute atomic E-state index is 0.114. The van der Waals surface area contributed by atoms with Crippen LogP contribution >= 0.6 is 0 Å². The minimum atomic E-state index is -1.09. The SMILES string of the molecule is C[C@H](NC(=O)[C@H](Cc1ccccc1)NC(=O)[C@H](CCCCN)NC(=O)[C@@H]1CCC(=O)N1)C(=O)N1CCC[C@H]1C(=O)O. The highest BCUT2D eigenvalue weighted by molar-refractivity contribution is 5.96. The highest BCUT2D eigenvalue weighted by Crippen LogP contribution is 2.18. The van der Waals surface area contributed by atoms with Crippen LogP contribution in [0.5, 0.6) is 0 Å². The molecule has 0 spiro atoms. The van der Waals surface area contributed by atoms with Gasteiger partial charge in [0.15, 0.2) is 0 Å². The van der Waals surface area contributed by atoms with Crippen molar-refractivity contribution in [1.29, 1.82) is 0 Å². The first-order chi connectivity index (χ1) is 19.6. The lowest BCUT2D eigenvalue weighted by Gasteiger charge is -2.28. The third-order valence-electron chi connectivity index (χ3n) is 7.36. The highest BCUT2D eigenvalue weighted by atomic mass is 16.4. The number of hydrogen-bond acceptors (Lipinski definition) is 7. The lowest BCUT2D eigenvalue weighted by atomic mass is 10.0. The molecule has 13 nitrogen and oxygen atoms in total. The number of amides is 5. The molecule has 2 heterocycles. The number of carbonyl (C=O) groups is 6.